The van der Waals surface area contributed by atoms with E-state index < -0.39 is 30.1 Å². The third kappa shape index (κ3) is 12.4. The number of hydrogen-bond acceptors (Lipinski definition) is 8. The summed E-state index contributed by atoms with van der Waals surface area (Å²) in [5.74, 6) is -1.80. The second-order valence-electron chi connectivity index (χ2n) is 11.2. The maximum Gasteiger partial charge on any atom is 0.302 e. The van der Waals surface area contributed by atoms with Gasteiger partial charge in [0.15, 0.2) is 0 Å². The Bertz CT molecular complexity index is 1330. The van der Waals surface area contributed by atoms with Crippen LogP contribution in [0.5, 0.6) is 0 Å². The molecule has 0 bridgehead atoms. The maximum atomic E-state index is 13.6. The van der Waals surface area contributed by atoms with Gasteiger partial charge in [-0.05, 0) is 68.0 Å². The normalized spacial score (nSPS) is 15.2. The lowest BCUT2D eigenvalue weighted by Gasteiger charge is -2.24. The predicted octanol–water partition coefficient (Wildman–Crippen LogP) is 2.31. The molecule has 0 radical (unpaired) electrons. The number of nitrogens with zero attached hydrogens (tertiary/aromatic N) is 1. The smallest absolute Gasteiger partial charge is 0.302 e. The molecule has 0 fully saturated rings. The van der Waals surface area contributed by atoms with Crippen LogP contribution >= 0.6 is 0 Å². The molecule has 0 saturated heterocycles. The molecule has 4 amide bonds. The highest BCUT2D eigenvalue weighted by Crippen LogP contribution is 2.14. The van der Waals surface area contributed by atoms with Gasteiger partial charge in [-0.1, -0.05) is 48.9 Å². The van der Waals surface area contributed by atoms with Crippen LogP contribution in [-0.4, -0.2) is 71.0 Å². The van der Waals surface area contributed by atoms with E-state index in [1.165, 1.54) is 24.0 Å². The highest BCUT2D eigenvalue weighted by molar-refractivity contribution is 5.98. The molecule has 3 atom stereocenters. The van der Waals surface area contributed by atoms with Crippen LogP contribution in [0.2, 0.25) is 0 Å². The van der Waals surface area contributed by atoms with E-state index >= 15 is 0 Å². The number of aliphatic hydroxyl groups excluding tert-OH is 1. The van der Waals surface area contributed by atoms with E-state index in [9.17, 15) is 29.1 Å². The lowest BCUT2D eigenvalue weighted by molar-refractivity contribution is -0.142. The quantitative estimate of drug-likeness (QED) is 0.115. The Morgan fingerprint density at radius 2 is 1.63 bits per heavy atom. The highest BCUT2D eigenvalue weighted by Gasteiger charge is 2.27. The van der Waals surface area contributed by atoms with Gasteiger partial charge in [0, 0.05) is 38.1 Å². The summed E-state index contributed by atoms with van der Waals surface area (Å²) in [6.45, 7) is 2.29. The number of esters is 1. The molecule has 2 aromatic rings. The first-order valence-electron chi connectivity index (χ1n) is 15.7. The fraction of sp³-hybridized carbons (Fsp3) is 0.441. The Hall–Kier alpha value is -4.55. The van der Waals surface area contributed by atoms with Crippen molar-refractivity contribution in [3.63, 3.8) is 0 Å². The van der Waals surface area contributed by atoms with E-state index in [0.717, 1.165) is 11.1 Å². The van der Waals surface area contributed by atoms with E-state index in [1.54, 1.807) is 24.3 Å². The first-order valence-corrected chi connectivity index (χ1v) is 15.7. The predicted molar refractivity (Wildman–Crippen MR) is 173 cm³/mol. The maximum absolute atomic E-state index is 13.6. The first-order chi connectivity index (χ1) is 22.2. The minimum absolute atomic E-state index is 0.122. The average molecular weight is 636 g/mol. The lowest BCUT2D eigenvalue weighted by Crippen LogP contribution is -2.53. The topological polar surface area (TPSA) is 180 Å². The summed E-state index contributed by atoms with van der Waals surface area (Å²) in [5.41, 5.74) is 7.80. The van der Waals surface area contributed by atoms with Gasteiger partial charge in [0.25, 0.3) is 0 Å². The number of rotatable bonds is 19. The molecule has 12 nitrogen and oxygen atoms in total. The van der Waals surface area contributed by atoms with Crippen molar-refractivity contribution < 1.29 is 33.8 Å². The Balaban J connectivity index is 1.60. The van der Waals surface area contributed by atoms with Crippen molar-refractivity contribution in [3.05, 3.63) is 77.9 Å². The number of ether oxygens (including phenoxy) is 1. The van der Waals surface area contributed by atoms with Crippen molar-refractivity contribution >= 4 is 35.3 Å². The highest BCUT2D eigenvalue weighted by atomic mass is 16.5. The van der Waals surface area contributed by atoms with Crippen molar-refractivity contribution in [1.29, 1.82) is 0 Å². The van der Waals surface area contributed by atoms with Crippen LogP contribution in [0.4, 0.5) is 5.69 Å². The number of carbonyl (C=O) groups is 5. The fourth-order valence-corrected chi connectivity index (χ4v) is 4.94. The van der Waals surface area contributed by atoms with Gasteiger partial charge in [-0.15, -0.1) is 0 Å². The van der Waals surface area contributed by atoms with Gasteiger partial charge >= 0.3 is 5.97 Å². The SMILES string of the molecule is CC(=O)OCc1ccc(NC(=O)[C@H](CCCCN)NC(=O)[C@H](Cc2ccccc2)NC(=O)CCCCCN2C(=O)C=CC2O)cc1. The van der Waals surface area contributed by atoms with Crippen LogP contribution in [0, 0.1) is 0 Å². The Labute approximate surface area is 269 Å². The number of nitrogens with one attached hydrogen (secondary N) is 3. The molecule has 6 N–H and O–H groups in total. The summed E-state index contributed by atoms with van der Waals surface area (Å²) in [7, 11) is 0. The molecule has 3 rings (SSSR count). The monoisotopic (exact) mass is 635 g/mol. The molecular weight excluding hydrogens is 590 g/mol. The van der Waals surface area contributed by atoms with E-state index in [0.29, 0.717) is 57.3 Å². The van der Waals surface area contributed by atoms with Gasteiger partial charge in [0.1, 0.15) is 24.9 Å². The second-order valence-corrected chi connectivity index (χ2v) is 11.2. The molecule has 0 aliphatic carbocycles. The molecule has 1 aliphatic heterocycles. The van der Waals surface area contributed by atoms with Crippen LogP contribution in [0.25, 0.3) is 0 Å². The summed E-state index contributed by atoms with van der Waals surface area (Å²) in [5, 5.41) is 18.4. The number of anilines is 1. The zero-order valence-corrected chi connectivity index (χ0v) is 26.3. The number of benzene rings is 2. The summed E-state index contributed by atoms with van der Waals surface area (Å²) >= 11 is 0. The summed E-state index contributed by atoms with van der Waals surface area (Å²) < 4.78 is 5.00. The molecule has 2 aromatic carbocycles. The van der Waals surface area contributed by atoms with Crippen LogP contribution in [-0.2, 0) is 41.7 Å². The summed E-state index contributed by atoms with van der Waals surface area (Å²) in [6, 6.07) is 14.4. The third-order valence-electron chi connectivity index (χ3n) is 7.49. The van der Waals surface area contributed by atoms with Gasteiger partial charge < -0.3 is 36.4 Å². The molecule has 1 heterocycles. The van der Waals surface area contributed by atoms with Gasteiger partial charge in [-0.25, -0.2) is 0 Å². The van der Waals surface area contributed by atoms with Gasteiger partial charge in [0.2, 0.25) is 23.6 Å². The number of amides is 4. The third-order valence-corrected chi connectivity index (χ3v) is 7.49. The van der Waals surface area contributed by atoms with Crippen molar-refractivity contribution in [1.82, 2.24) is 15.5 Å². The molecule has 0 spiro atoms. The van der Waals surface area contributed by atoms with E-state index in [1.807, 2.05) is 30.3 Å². The van der Waals surface area contributed by atoms with Gasteiger partial charge in [-0.2, -0.15) is 0 Å². The van der Waals surface area contributed by atoms with Crippen LogP contribution in [0.15, 0.2) is 66.7 Å². The Morgan fingerprint density at radius 3 is 2.28 bits per heavy atom. The molecular formula is C34H45N5O7. The van der Waals surface area contributed by atoms with E-state index in [2.05, 4.69) is 16.0 Å². The van der Waals surface area contributed by atoms with E-state index in [-0.39, 0.29) is 37.2 Å². The van der Waals surface area contributed by atoms with Crippen molar-refractivity contribution in [2.45, 2.75) is 83.2 Å². The molecule has 248 valence electrons. The van der Waals surface area contributed by atoms with Crippen LogP contribution < -0.4 is 21.7 Å². The minimum atomic E-state index is -0.913. The second kappa shape index (κ2) is 19.1. The standard InChI is InChI=1S/C34H45N5O7/c1-24(40)46-23-26-14-16-27(17-15-26)36-33(44)28(12-7-8-20-35)38-34(45)29(22-25-10-4-2-5-11-25)37-30(41)13-6-3-9-21-39-31(42)18-19-32(39)43/h2,4-5,10-11,14-19,28-29,31,42H,3,6-9,12-13,20-23,35H2,1H3,(H,36,44)(H,37,41)(H,38,45)/t28-,29-,31?/m0/s1. The number of aliphatic hydroxyl groups is 1. The average Bonchev–Trinajstić information content (AvgIpc) is 3.36. The molecule has 12 heteroatoms. The largest absolute Gasteiger partial charge is 0.461 e. The number of carbonyl (C=O) groups excluding carboxylic acids is 5. The van der Waals surface area contributed by atoms with Crippen molar-refractivity contribution in [2.24, 2.45) is 5.73 Å². The summed E-state index contributed by atoms with van der Waals surface area (Å²) in [4.78, 5) is 64.1. The zero-order valence-electron chi connectivity index (χ0n) is 26.3. The Kier molecular flexibility index (Phi) is 14.9. The van der Waals surface area contributed by atoms with Crippen LogP contribution in [0.1, 0.15) is 63.0 Å². The minimum Gasteiger partial charge on any atom is -0.461 e. The fourth-order valence-electron chi connectivity index (χ4n) is 4.94. The molecule has 1 aliphatic rings. The first kappa shape index (κ1) is 35.9. The lowest BCUT2D eigenvalue weighted by atomic mass is 10.0. The van der Waals surface area contributed by atoms with Crippen molar-refractivity contribution in [3.8, 4) is 0 Å². The summed E-state index contributed by atoms with van der Waals surface area (Å²) in [6.07, 6.45) is 5.76. The van der Waals surface area contributed by atoms with Gasteiger partial charge in [-0.3, -0.25) is 24.0 Å². The molecule has 0 aromatic heterocycles. The molecule has 1 unspecified atom stereocenters. The van der Waals surface area contributed by atoms with Crippen molar-refractivity contribution in [2.75, 3.05) is 18.4 Å². The van der Waals surface area contributed by atoms with Gasteiger partial charge in [0.05, 0.1) is 0 Å². The number of nitrogens with two attached hydrogens (primary N) is 1. The Morgan fingerprint density at radius 1 is 0.891 bits per heavy atom. The molecule has 46 heavy (non-hydrogen) atoms. The number of unbranched alkanes of at least 4 members (excludes halogenated alkanes) is 3. The van der Waals surface area contributed by atoms with E-state index in [4.69, 9.17) is 10.5 Å². The molecule has 0 saturated carbocycles. The van der Waals surface area contributed by atoms with Crippen LogP contribution in [0.3, 0.4) is 0 Å². The zero-order chi connectivity index (χ0) is 33.3. The number of hydrogen-bond donors (Lipinski definition) is 5.